The van der Waals surface area contributed by atoms with E-state index in [-0.39, 0.29) is 23.7 Å². The average Bonchev–Trinajstić information content (AvgIpc) is 2.57. The van der Waals surface area contributed by atoms with Crippen molar-refractivity contribution in [2.45, 2.75) is 32.4 Å². The Morgan fingerprint density at radius 3 is 2.39 bits per heavy atom. The number of nitrogens with one attached hydrogen (secondary N) is 1. The topological polar surface area (TPSA) is 69.6 Å². The van der Waals surface area contributed by atoms with Crippen LogP contribution in [0.3, 0.4) is 0 Å². The van der Waals surface area contributed by atoms with E-state index in [0.29, 0.717) is 6.42 Å². The number of hydrogen-bond acceptors (Lipinski definition) is 3. The molecule has 1 aliphatic heterocycles. The van der Waals surface area contributed by atoms with Crippen molar-refractivity contribution in [1.29, 1.82) is 0 Å². The third-order valence-corrected chi connectivity index (χ3v) is 2.94. The smallest absolute Gasteiger partial charge is 0.325 e. The molecular weight excluding hydrogens is 232 g/mol. The SMILES string of the molecule is CC(C)N1C(=O)NC(Cc2ccc(O)cc2)C1=O. The second-order valence-corrected chi connectivity index (χ2v) is 4.67. The van der Waals surface area contributed by atoms with E-state index >= 15 is 0 Å². The van der Waals surface area contributed by atoms with Crippen LogP contribution in [0.4, 0.5) is 4.79 Å². The molecule has 1 aromatic carbocycles. The Morgan fingerprint density at radius 1 is 1.28 bits per heavy atom. The number of nitrogens with zero attached hydrogens (tertiary/aromatic N) is 1. The van der Waals surface area contributed by atoms with Gasteiger partial charge in [-0.1, -0.05) is 12.1 Å². The van der Waals surface area contributed by atoms with E-state index in [0.717, 1.165) is 5.56 Å². The lowest BCUT2D eigenvalue weighted by atomic mass is 10.1. The fourth-order valence-electron chi connectivity index (χ4n) is 2.04. The number of hydrogen-bond donors (Lipinski definition) is 2. The standard InChI is InChI=1S/C13H16N2O3/c1-8(2)15-12(17)11(14-13(15)18)7-9-3-5-10(16)6-4-9/h3-6,8,11,16H,7H2,1-2H3,(H,14,18). The Hall–Kier alpha value is -2.04. The largest absolute Gasteiger partial charge is 0.508 e. The molecule has 2 N–H and O–H groups in total. The first-order chi connectivity index (χ1) is 8.49. The Balaban J connectivity index is 2.10. The van der Waals surface area contributed by atoms with E-state index < -0.39 is 6.04 Å². The zero-order valence-electron chi connectivity index (χ0n) is 10.4. The molecular formula is C13H16N2O3. The molecule has 3 amide bonds. The van der Waals surface area contributed by atoms with Crippen molar-refractivity contribution >= 4 is 11.9 Å². The molecule has 0 aliphatic carbocycles. The molecule has 18 heavy (non-hydrogen) atoms. The molecule has 5 nitrogen and oxygen atoms in total. The van der Waals surface area contributed by atoms with Crippen molar-refractivity contribution in [3.8, 4) is 5.75 Å². The molecule has 1 heterocycles. The van der Waals surface area contributed by atoms with Gasteiger partial charge >= 0.3 is 6.03 Å². The molecule has 0 saturated carbocycles. The summed E-state index contributed by atoms with van der Waals surface area (Å²) in [5.41, 5.74) is 0.900. The van der Waals surface area contributed by atoms with E-state index in [1.165, 1.54) is 4.90 Å². The maximum absolute atomic E-state index is 12.0. The van der Waals surface area contributed by atoms with E-state index in [2.05, 4.69) is 5.32 Å². The number of phenolic OH excluding ortho intramolecular Hbond substituents is 1. The lowest BCUT2D eigenvalue weighted by Gasteiger charge is -2.16. The van der Waals surface area contributed by atoms with Crippen LogP contribution >= 0.6 is 0 Å². The van der Waals surface area contributed by atoms with Gasteiger partial charge in [0.15, 0.2) is 0 Å². The quantitative estimate of drug-likeness (QED) is 0.791. The zero-order valence-corrected chi connectivity index (χ0v) is 10.4. The number of rotatable bonds is 3. The van der Waals surface area contributed by atoms with Crippen LogP contribution in [0.5, 0.6) is 5.75 Å². The average molecular weight is 248 g/mol. The summed E-state index contributed by atoms with van der Waals surface area (Å²) in [4.78, 5) is 24.9. The minimum atomic E-state index is -0.510. The van der Waals surface area contributed by atoms with Gasteiger partial charge in [-0.2, -0.15) is 0 Å². The van der Waals surface area contributed by atoms with Crippen molar-refractivity contribution in [1.82, 2.24) is 10.2 Å². The second kappa shape index (κ2) is 4.68. The van der Waals surface area contributed by atoms with Crippen LogP contribution in [0.1, 0.15) is 19.4 Å². The van der Waals surface area contributed by atoms with Crippen molar-refractivity contribution in [2.24, 2.45) is 0 Å². The summed E-state index contributed by atoms with van der Waals surface area (Å²) < 4.78 is 0. The maximum atomic E-state index is 12.0. The molecule has 1 aliphatic rings. The van der Waals surface area contributed by atoms with Crippen LogP contribution in [0.25, 0.3) is 0 Å². The molecule has 1 aromatic rings. The van der Waals surface area contributed by atoms with Crippen molar-refractivity contribution < 1.29 is 14.7 Å². The minimum Gasteiger partial charge on any atom is -0.508 e. The lowest BCUT2D eigenvalue weighted by molar-refractivity contribution is -0.128. The highest BCUT2D eigenvalue weighted by Gasteiger charge is 2.39. The van der Waals surface area contributed by atoms with Crippen LogP contribution in [0, 0.1) is 0 Å². The first kappa shape index (κ1) is 12.4. The van der Waals surface area contributed by atoms with Gasteiger partial charge in [0, 0.05) is 12.5 Å². The number of imide groups is 1. The van der Waals surface area contributed by atoms with E-state index in [4.69, 9.17) is 0 Å². The maximum Gasteiger partial charge on any atom is 0.325 e. The van der Waals surface area contributed by atoms with Crippen LogP contribution in [0.15, 0.2) is 24.3 Å². The predicted molar refractivity (Wildman–Crippen MR) is 66.1 cm³/mol. The molecule has 0 radical (unpaired) electrons. The summed E-state index contributed by atoms with van der Waals surface area (Å²) in [6.45, 7) is 3.61. The van der Waals surface area contributed by atoms with Crippen LogP contribution in [-0.4, -0.2) is 34.0 Å². The number of benzene rings is 1. The van der Waals surface area contributed by atoms with E-state index in [1.807, 2.05) is 0 Å². The highest BCUT2D eigenvalue weighted by atomic mass is 16.3. The summed E-state index contributed by atoms with van der Waals surface area (Å²) in [5, 5.41) is 11.9. The van der Waals surface area contributed by atoms with Gasteiger partial charge in [-0.05, 0) is 31.5 Å². The number of phenols is 1. The summed E-state index contributed by atoms with van der Waals surface area (Å²) >= 11 is 0. The Morgan fingerprint density at radius 2 is 1.89 bits per heavy atom. The van der Waals surface area contributed by atoms with Crippen LogP contribution < -0.4 is 5.32 Å². The number of amides is 3. The lowest BCUT2D eigenvalue weighted by Crippen LogP contribution is -2.37. The third-order valence-electron chi connectivity index (χ3n) is 2.94. The van der Waals surface area contributed by atoms with Gasteiger partial charge in [-0.25, -0.2) is 4.79 Å². The van der Waals surface area contributed by atoms with Gasteiger partial charge in [0.25, 0.3) is 5.91 Å². The first-order valence-corrected chi connectivity index (χ1v) is 5.90. The Kier molecular flexibility index (Phi) is 3.23. The van der Waals surface area contributed by atoms with Gasteiger partial charge in [0.2, 0.25) is 0 Å². The highest BCUT2D eigenvalue weighted by Crippen LogP contribution is 2.16. The van der Waals surface area contributed by atoms with Gasteiger partial charge in [0.1, 0.15) is 11.8 Å². The fourth-order valence-corrected chi connectivity index (χ4v) is 2.04. The third kappa shape index (κ3) is 2.30. The van der Waals surface area contributed by atoms with E-state index in [9.17, 15) is 14.7 Å². The Bertz CT molecular complexity index is 468. The molecule has 0 aromatic heterocycles. The molecule has 96 valence electrons. The monoisotopic (exact) mass is 248 g/mol. The number of aromatic hydroxyl groups is 1. The molecule has 1 fully saturated rings. The molecule has 1 atom stereocenters. The fraction of sp³-hybridized carbons (Fsp3) is 0.385. The van der Waals surface area contributed by atoms with Gasteiger partial charge in [-0.15, -0.1) is 0 Å². The highest BCUT2D eigenvalue weighted by molar-refractivity contribution is 6.04. The minimum absolute atomic E-state index is 0.137. The molecule has 0 bridgehead atoms. The van der Waals surface area contributed by atoms with Crippen LogP contribution in [-0.2, 0) is 11.2 Å². The van der Waals surface area contributed by atoms with Gasteiger partial charge < -0.3 is 10.4 Å². The zero-order chi connectivity index (χ0) is 13.3. The van der Waals surface area contributed by atoms with Crippen LogP contribution in [0.2, 0.25) is 0 Å². The van der Waals surface area contributed by atoms with Crippen molar-refractivity contribution in [3.05, 3.63) is 29.8 Å². The normalized spacial score (nSPS) is 19.5. The molecule has 5 heteroatoms. The summed E-state index contributed by atoms with van der Waals surface area (Å²) in [5.74, 6) is -0.00702. The Labute approximate surface area is 105 Å². The summed E-state index contributed by atoms with van der Waals surface area (Å²) in [6.07, 6.45) is 0.439. The number of carbonyl (C=O) groups excluding carboxylic acids is 2. The second-order valence-electron chi connectivity index (χ2n) is 4.67. The van der Waals surface area contributed by atoms with Gasteiger partial charge in [-0.3, -0.25) is 9.69 Å². The van der Waals surface area contributed by atoms with E-state index in [1.54, 1.807) is 38.1 Å². The summed E-state index contributed by atoms with van der Waals surface area (Å²) in [6, 6.07) is 5.64. The predicted octanol–water partition coefficient (Wildman–Crippen LogP) is 1.26. The van der Waals surface area contributed by atoms with Crippen molar-refractivity contribution in [2.75, 3.05) is 0 Å². The molecule has 0 spiro atoms. The first-order valence-electron chi connectivity index (χ1n) is 5.90. The van der Waals surface area contributed by atoms with Crippen molar-refractivity contribution in [3.63, 3.8) is 0 Å². The molecule has 2 rings (SSSR count). The summed E-state index contributed by atoms with van der Waals surface area (Å²) in [7, 11) is 0. The van der Waals surface area contributed by atoms with Gasteiger partial charge in [0.05, 0.1) is 0 Å². The number of carbonyl (C=O) groups is 2. The number of urea groups is 1. The molecule has 1 saturated heterocycles. The molecule has 1 unspecified atom stereocenters.